The molecule has 0 amide bonds. The van der Waals surface area contributed by atoms with Gasteiger partial charge < -0.3 is 16.6 Å². The van der Waals surface area contributed by atoms with E-state index in [0.717, 1.165) is 0 Å². The van der Waals surface area contributed by atoms with Crippen LogP contribution in [0.5, 0.6) is 5.75 Å². The van der Waals surface area contributed by atoms with Crippen molar-refractivity contribution in [3.05, 3.63) is 23.5 Å². The summed E-state index contributed by atoms with van der Waals surface area (Å²) in [4.78, 5) is 0. The van der Waals surface area contributed by atoms with Crippen molar-refractivity contribution in [3.8, 4) is 5.75 Å². The number of aromatic hydroxyl groups is 1. The van der Waals surface area contributed by atoms with E-state index in [1.807, 2.05) is 0 Å². The first-order valence-corrected chi connectivity index (χ1v) is 4.11. The highest BCUT2D eigenvalue weighted by molar-refractivity contribution is 5.59. The Morgan fingerprint density at radius 2 is 2.00 bits per heavy atom. The van der Waals surface area contributed by atoms with Crippen molar-refractivity contribution in [1.82, 2.24) is 0 Å². The van der Waals surface area contributed by atoms with Crippen LogP contribution in [0.4, 0.5) is 10.1 Å². The monoisotopic (exact) mass is 182 g/mol. The van der Waals surface area contributed by atoms with Gasteiger partial charge in [0.05, 0.1) is 11.3 Å². The lowest BCUT2D eigenvalue weighted by molar-refractivity contribution is 0.449. The fourth-order valence-electron chi connectivity index (χ4n) is 1.44. The van der Waals surface area contributed by atoms with Crippen molar-refractivity contribution >= 4 is 5.69 Å². The van der Waals surface area contributed by atoms with Gasteiger partial charge in [-0.2, -0.15) is 0 Å². The number of phenolic OH excluding ortho intramolecular Hbond substituents is 1. The number of halogens is 1. The average molecular weight is 182 g/mol. The van der Waals surface area contributed by atoms with Crippen LogP contribution < -0.4 is 11.5 Å². The molecule has 0 aromatic heterocycles. The SMILES string of the molecule is Nc1ccc(F)c(C2(N)CC2)c1O. The summed E-state index contributed by atoms with van der Waals surface area (Å²) in [6.07, 6.45) is 1.39. The van der Waals surface area contributed by atoms with E-state index in [-0.39, 0.29) is 17.0 Å². The third-order valence-corrected chi connectivity index (χ3v) is 2.44. The Hall–Kier alpha value is -1.29. The second-order valence-electron chi connectivity index (χ2n) is 3.52. The van der Waals surface area contributed by atoms with Crippen molar-refractivity contribution in [3.63, 3.8) is 0 Å². The molecular weight excluding hydrogens is 171 g/mol. The van der Waals surface area contributed by atoms with Crippen LogP contribution in [0, 0.1) is 5.82 Å². The fraction of sp³-hybridized carbons (Fsp3) is 0.333. The van der Waals surface area contributed by atoms with Crippen LogP contribution in [-0.4, -0.2) is 5.11 Å². The molecule has 13 heavy (non-hydrogen) atoms. The number of benzene rings is 1. The fourth-order valence-corrected chi connectivity index (χ4v) is 1.44. The van der Waals surface area contributed by atoms with Gasteiger partial charge in [0.1, 0.15) is 11.6 Å². The molecule has 1 aromatic carbocycles. The summed E-state index contributed by atoms with van der Waals surface area (Å²) in [6, 6.07) is 2.57. The summed E-state index contributed by atoms with van der Waals surface area (Å²) < 4.78 is 13.3. The number of nitrogens with two attached hydrogens (primary N) is 2. The summed E-state index contributed by atoms with van der Waals surface area (Å²) in [5, 5.41) is 9.51. The van der Waals surface area contributed by atoms with Crippen LogP contribution in [0.1, 0.15) is 18.4 Å². The molecule has 1 fully saturated rings. The molecule has 0 atom stereocenters. The van der Waals surface area contributed by atoms with Gasteiger partial charge in [0.2, 0.25) is 0 Å². The van der Waals surface area contributed by atoms with E-state index in [0.29, 0.717) is 12.8 Å². The van der Waals surface area contributed by atoms with Gasteiger partial charge in [-0.1, -0.05) is 0 Å². The molecule has 1 aromatic rings. The number of phenols is 1. The molecule has 0 radical (unpaired) electrons. The maximum absolute atomic E-state index is 13.3. The molecule has 0 saturated heterocycles. The molecule has 5 N–H and O–H groups in total. The molecule has 70 valence electrons. The van der Waals surface area contributed by atoms with Crippen LogP contribution in [0.3, 0.4) is 0 Å². The molecule has 0 bridgehead atoms. The predicted octanol–water partition coefficient (Wildman–Crippen LogP) is 1.06. The molecule has 1 aliphatic rings. The van der Waals surface area contributed by atoms with Gasteiger partial charge in [-0.15, -0.1) is 0 Å². The molecule has 0 spiro atoms. The second kappa shape index (κ2) is 2.35. The van der Waals surface area contributed by atoms with Gasteiger partial charge >= 0.3 is 0 Å². The highest BCUT2D eigenvalue weighted by Gasteiger charge is 2.44. The van der Waals surface area contributed by atoms with Crippen molar-refractivity contribution in [2.45, 2.75) is 18.4 Å². The lowest BCUT2D eigenvalue weighted by atomic mass is 10.0. The number of anilines is 1. The summed E-state index contributed by atoms with van der Waals surface area (Å²) in [5.41, 5.74) is 10.9. The van der Waals surface area contributed by atoms with Crippen molar-refractivity contribution in [1.29, 1.82) is 0 Å². The van der Waals surface area contributed by atoms with Crippen LogP contribution >= 0.6 is 0 Å². The van der Waals surface area contributed by atoms with Gasteiger partial charge in [-0.05, 0) is 25.0 Å². The molecule has 3 nitrogen and oxygen atoms in total. The highest BCUT2D eigenvalue weighted by atomic mass is 19.1. The molecule has 0 heterocycles. The molecule has 1 saturated carbocycles. The molecule has 0 unspecified atom stereocenters. The maximum Gasteiger partial charge on any atom is 0.146 e. The molecule has 1 aliphatic carbocycles. The van der Waals surface area contributed by atoms with E-state index in [9.17, 15) is 9.50 Å². The quantitative estimate of drug-likeness (QED) is 0.449. The molecule has 4 heteroatoms. The van der Waals surface area contributed by atoms with E-state index < -0.39 is 11.4 Å². The van der Waals surface area contributed by atoms with Gasteiger partial charge in [0.25, 0.3) is 0 Å². The third kappa shape index (κ3) is 1.14. The molecular formula is C9H11FN2O. The summed E-state index contributed by atoms with van der Waals surface area (Å²) in [6.45, 7) is 0. The van der Waals surface area contributed by atoms with Crippen LogP contribution in [0.15, 0.2) is 12.1 Å². The van der Waals surface area contributed by atoms with Gasteiger partial charge in [0.15, 0.2) is 0 Å². The van der Waals surface area contributed by atoms with E-state index in [4.69, 9.17) is 11.5 Å². The minimum absolute atomic E-state index is 0.160. The first-order chi connectivity index (χ1) is 6.04. The maximum atomic E-state index is 13.3. The van der Waals surface area contributed by atoms with E-state index in [1.165, 1.54) is 12.1 Å². The lowest BCUT2D eigenvalue weighted by Gasteiger charge is -2.13. The zero-order valence-electron chi connectivity index (χ0n) is 7.05. The Morgan fingerprint density at radius 3 is 2.54 bits per heavy atom. The first kappa shape index (κ1) is 8.31. The molecule has 2 rings (SSSR count). The Morgan fingerprint density at radius 1 is 1.38 bits per heavy atom. The van der Waals surface area contributed by atoms with Crippen molar-refractivity contribution < 1.29 is 9.50 Å². The second-order valence-corrected chi connectivity index (χ2v) is 3.52. The zero-order chi connectivity index (χ0) is 9.64. The summed E-state index contributed by atoms with van der Waals surface area (Å²) in [5.74, 6) is -0.688. The summed E-state index contributed by atoms with van der Waals surface area (Å²) >= 11 is 0. The third-order valence-electron chi connectivity index (χ3n) is 2.44. The Kier molecular flexibility index (Phi) is 1.51. The van der Waals surface area contributed by atoms with Gasteiger partial charge in [0, 0.05) is 5.54 Å². The van der Waals surface area contributed by atoms with Gasteiger partial charge in [-0.3, -0.25) is 0 Å². The lowest BCUT2D eigenvalue weighted by Crippen LogP contribution is -2.20. The highest BCUT2D eigenvalue weighted by Crippen LogP contribution is 2.48. The Bertz CT molecular complexity index is 361. The Balaban J connectivity index is 2.61. The minimum Gasteiger partial charge on any atom is -0.505 e. The van der Waals surface area contributed by atoms with Crippen LogP contribution in [-0.2, 0) is 5.54 Å². The minimum atomic E-state index is -0.691. The van der Waals surface area contributed by atoms with Gasteiger partial charge in [-0.25, -0.2) is 4.39 Å². The average Bonchev–Trinajstić information content (AvgIpc) is 2.78. The van der Waals surface area contributed by atoms with E-state index in [1.54, 1.807) is 0 Å². The number of nitrogen functional groups attached to an aromatic ring is 1. The van der Waals surface area contributed by atoms with Crippen LogP contribution in [0.2, 0.25) is 0 Å². The normalized spacial score (nSPS) is 18.6. The largest absolute Gasteiger partial charge is 0.505 e. The smallest absolute Gasteiger partial charge is 0.146 e. The number of rotatable bonds is 1. The standard InChI is InChI=1S/C9H11FN2O/c10-5-1-2-6(11)8(13)7(5)9(12)3-4-9/h1-2,13H,3-4,11-12H2. The van der Waals surface area contributed by atoms with Crippen molar-refractivity contribution in [2.24, 2.45) is 5.73 Å². The number of hydrogen-bond acceptors (Lipinski definition) is 3. The number of hydrogen-bond donors (Lipinski definition) is 3. The van der Waals surface area contributed by atoms with E-state index >= 15 is 0 Å². The van der Waals surface area contributed by atoms with Crippen molar-refractivity contribution in [2.75, 3.05) is 5.73 Å². The Labute approximate surface area is 75.2 Å². The zero-order valence-corrected chi connectivity index (χ0v) is 7.05. The molecule has 0 aliphatic heterocycles. The predicted molar refractivity (Wildman–Crippen MR) is 47.6 cm³/mol. The topological polar surface area (TPSA) is 72.3 Å². The van der Waals surface area contributed by atoms with E-state index in [2.05, 4.69) is 0 Å². The first-order valence-electron chi connectivity index (χ1n) is 4.11. The van der Waals surface area contributed by atoms with Crippen LogP contribution in [0.25, 0.3) is 0 Å². The summed E-state index contributed by atoms with van der Waals surface area (Å²) in [7, 11) is 0.